The van der Waals surface area contributed by atoms with Gasteiger partial charge in [0.05, 0.1) is 44.0 Å². The molecule has 0 spiro atoms. The molecule has 4 rings (SSSR count). The summed E-state index contributed by atoms with van der Waals surface area (Å²) in [5.74, 6) is 0. The zero-order valence-corrected chi connectivity index (χ0v) is 16.0. The predicted molar refractivity (Wildman–Crippen MR) is 102 cm³/mol. The molecule has 0 fully saturated rings. The zero-order chi connectivity index (χ0) is 20.9. The number of nitrogens with one attached hydrogen (secondary N) is 1. The summed E-state index contributed by atoms with van der Waals surface area (Å²) in [4.78, 5) is 25.7. The number of hydrogen-bond donors (Lipinski definition) is 2. The number of halogens is 2. The number of hydrogen-bond acceptors (Lipinski definition) is 6. The summed E-state index contributed by atoms with van der Waals surface area (Å²) >= 11 is 5.99. The second kappa shape index (κ2) is 6.71. The topological polar surface area (TPSA) is 127 Å². The molecule has 2 heterocycles. The second-order valence-corrected chi connectivity index (χ2v) is 8.45. The van der Waals surface area contributed by atoms with Crippen LogP contribution in [0.25, 0.3) is 21.8 Å². The smallest absolute Gasteiger partial charge is 0.362 e. The third kappa shape index (κ3) is 2.89. The lowest BCUT2D eigenvalue weighted by Crippen LogP contribution is -2.33. The van der Waals surface area contributed by atoms with Crippen molar-refractivity contribution in [3.63, 3.8) is 0 Å². The van der Waals surface area contributed by atoms with Gasteiger partial charge < -0.3 is 10.2 Å². The van der Waals surface area contributed by atoms with Crippen molar-refractivity contribution in [3.8, 4) is 0 Å². The van der Waals surface area contributed by atoms with E-state index in [9.17, 15) is 27.6 Å². The fraction of sp³-hybridized carbons (Fsp3) is 0.118. The van der Waals surface area contributed by atoms with Gasteiger partial charge in [-0.1, -0.05) is 16.3 Å². The highest BCUT2D eigenvalue weighted by Gasteiger charge is 2.25. The Bertz CT molecular complexity index is 1510. The van der Waals surface area contributed by atoms with Crippen LogP contribution >= 0.6 is 11.6 Å². The quantitative estimate of drug-likeness (QED) is 0.467. The van der Waals surface area contributed by atoms with Gasteiger partial charge in [0.1, 0.15) is 6.67 Å². The maximum atomic E-state index is 13.3. The van der Waals surface area contributed by atoms with Crippen LogP contribution in [0, 0.1) is 0 Å². The summed E-state index contributed by atoms with van der Waals surface area (Å²) in [6.45, 7) is -0.718. The first-order valence-corrected chi connectivity index (χ1v) is 10.0. The summed E-state index contributed by atoms with van der Waals surface area (Å²) in [7, 11) is -4.22. The molecule has 2 aromatic carbocycles. The van der Waals surface area contributed by atoms with E-state index in [1.54, 1.807) is 0 Å². The number of nitrogens with zero attached hydrogens (tertiary/aromatic N) is 3. The molecule has 2 N–H and O–H groups in total. The molecule has 29 heavy (non-hydrogen) atoms. The SMILES string of the molecule is O=c1[nH]c2c(S(=O)(=O)c3ccc4cnn(CCF)c4c3)ccc(Cl)c2c(=O)n1O. The molecule has 0 bridgehead atoms. The molecule has 0 aliphatic heterocycles. The first kappa shape index (κ1) is 19.2. The molecule has 0 saturated heterocycles. The van der Waals surface area contributed by atoms with Crippen LogP contribution in [0.5, 0.6) is 0 Å². The molecular weight excluding hydrogens is 427 g/mol. The van der Waals surface area contributed by atoms with Gasteiger partial charge in [0.15, 0.2) is 0 Å². The van der Waals surface area contributed by atoms with E-state index >= 15 is 0 Å². The average molecular weight is 439 g/mol. The number of rotatable bonds is 4. The van der Waals surface area contributed by atoms with Gasteiger partial charge in [0, 0.05) is 5.39 Å². The maximum absolute atomic E-state index is 13.3. The number of sulfone groups is 1. The highest BCUT2D eigenvalue weighted by molar-refractivity contribution is 7.91. The van der Waals surface area contributed by atoms with Gasteiger partial charge in [0.2, 0.25) is 9.84 Å². The van der Waals surface area contributed by atoms with E-state index < -0.39 is 27.8 Å². The van der Waals surface area contributed by atoms with Crippen LogP contribution < -0.4 is 11.2 Å². The van der Waals surface area contributed by atoms with Gasteiger partial charge in [-0.25, -0.2) is 17.6 Å². The van der Waals surface area contributed by atoms with Gasteiger partial charge in [-0.05, 0) is 30.3 Å². The predicted octanol–water partition coefficient (Wildman–Crippen LogP) is 1.73. The molecule has 12 heteroatoms. The maximum Gasteiger partial charge on any atom is 0.362 e. The van der Waals surface area contributed by atoms with Crippen molar-refractivity contribution >= 4 is 43.2 Å². The van der Waals surface area contributed by atoms with E-state index in [-0.39, 0.29) is 37.0 Å². The Morgan fingerprint density at radius 3 is 2.69 bits per heavy atom. The third-order valence-electron chi connectivity index (χ3n) is 4.46. The molecule has 4 aromatic rings. The van der Waals surface area contributed by atoms with Crippen LogP contribution in [0.1, 0.15) is 0 Å². The molecule has 0 unspecified atom stereocenters. The molecule has 0 saturated carbocycles. The van der Waals surface area contributed by atoms with Gasteiger partial charge in [0.25, 0.3) is 5.56 Å². The number of H-pyrrole nitrogens is 1. The number of alkyl halides is 1. The average Bonchev–Trinajstić information content (AvgIpc) is 3.08. The lowest BCUT2D eigenvalue weighted by atomic mass is 10.2. The molecule has 0 radical (unpaired) electrons. The Labute approximate surface area is 166 Å². The summed E-state index contributed by atoms with van der Waals surface area (Å²) in [6, 6.07) is 6.53. The Morgan fingerprint density at radius 1 is 1.21 bits per heavy atom. The Kier molecular flexibility index (Phi) is 4.43. The fourth-order valence-electron chi connectivity index (χ4n) is 3.08. The largest absolute Gasteiger partial charge is 0.421 e. The molecule has 2 aromatic heterocycles. The zero-order valence-electron chi connectivity index (χ0n) is 14.5. The first-order chi connectivity index (χ1) is 13.8. The number of benzene rings is 2. The Hall–Kier alpha value is -3.18. The molecular formula is C17H12ClFN4O5S. The molecule has 9 nitrogen and oxygen atoms in total. The number of aryl methyl sites for hydroxylation is 1. The van der Waals surface area contributed by atoms with E-state index in [2.05, 4.69) is 10.1 Å². The highest BCUT2D eigenvalue weighted by atomic mass is 35.5. The standard InChI is InChI=1S/C17H12ClFN4O5S/c18-11-3-4-13(15-14(11)16(24)23(26)17(25)21-15)29(27,28)10-2-1-9-8-20-22(6-5-19)12(9)7-10/h1-4,7-8,26H,5-6H2,(H,21,25). The van der Waals surface area contributed by atoms with Crippen molar-refractivity contribution < 1.29 is 18.0 Å². The van der Waals surface area contributed by atoms with Crippen molar-refractivity contribution in [2.75, 3.05) is 6.67 Å². The Balaban J connectivity index is 2.02. The van der Waals surface area contributed by atoms with Crippen LogP contribution in [0.2, 0.25) is 5.02 Å². The number of fused-ring (bicyclic) bond motifs is 2. The summed E-state index contributed by atoms with van der Waals surface area (Å²) in [6.07, 6.45) is 1.49. The van der Waals surface area contributed by atoms with Crippen LogP contribution in [0.3, 0.4) is 0 Å². The van der Waals surface area contributed by atoms with Gasteiger partial charge >= 0.3 is 5.69 Å². The van der Waals surface area contributed by atoms with Crippen molar-refractivity contribution in [1.82, 2.24) is 19.5 Å². The lowest BCUT2D eigenvalue weighted by molar-refractivity contribution is 0.162. The lowest BCUT2D eigenvalue weighted by Gasteiger charge is -2.10. The third-order valence-corrected chi connectivity index (χ3v) is 6.57. The van der Waals surface area contributed by atoms with E-state index in [0.717, 1.165) is 6.07 Å². The minimum absolute atomic E-state index is 0.0414. The minimum Gasteiger partial charge on any atom is -0.421 e. The van der Waals surface area contributed by atoms with Crippen LogP contribution in [-0.2, 0) is 16.4 Å². The van der Waals surface area contributed by atoms with Crippen molar-refractivity contribution in [2.24, 2.45) is 0 Å². The molecule has 150 valence electrons. The minimum atomic E-state index is -4.22. The highest BCUT2D eigenvalue weighted by Crippen LogP contribution is 2.30. The van der Waals surface area contributed by atoms with Gasteiger partial charge in [-0.3, -0.25) is 9.48 Å². The van der Waals surface area contributed by atoms with Gasteiger partial charge in [-0.2, -0.15) is 5.10 Å². The monoisotopic (exact) mass is 438 g/mol. The molecule has 0 amide bonds. The second-order valence-electron chi connectivity index (χ2n) is 6.12. The molecule has 0 aliphatic carbocycles. The fourth-order valence-corrected chi connectivity index (χ4v) is 4.75. The van der Waals surface area contributed by atoms with E-state index in [0.29, 0.717) is 10.9 Å². The van der Waals surface area contributed by atoms with Gasteiger partial charge in [-0.15, -0.1) is 0 Å². The summed E-state index contributed by atoms with van der Waals surface area (Å²) < 4.78 is 40.4. The summed E-state index contributed by atoms with van der Waals surface area (Å²) in [5, 5.41) is 13.7. The number of aromatic amines is 1. The molecule has 0 aliphatic rings. The Morgan fingerprint density at radius 2 is 1.97 bits per heavy atom. The van der Waals surface area contributed by atoms with E-state index in [1.165, 1.54) is 35.1 Å². The molecule has 0 atom stereocenters. The van der Waals surface area contributed by atoms with Crippen molar-refractivity contribution in [2.45, 2.75) is 16.3 Å². The first-order valence-electron chi connectivity index (χ1n) is 8.19. The van der Waals surface area contributed by atoms with E-state index in [1.807, 2.05) is 0 Å². The van der Waals surface area contributed by atoms with E-state index in [4.69, 9.17) is 11.6 Å². The normalized spacial score (nSPS) is 12.1. The van der Waals surface area contributed by atoms with Crippen LogP contribution in [0.4, 0.5) is 4.39 Å². The summed E-state index contributed by atoms with van der Waals surface area (Å²) in [5.41, 5.74) is -2.27. The van der Waals surface area contributed by atoms with Crippen LogP contribution in [0.15, 0.2) is 55.9 Å². The van der Waals surface area contributed by atoms with Crippen molar-refractivity contribution in [3.05, 3.63) is 62.4 Å². The van der Waals surface area contributed by atoms with Crippen molar-refractivity contribution in [1.29, 1.82) is 0 Å². The number of aromatic nitrogens is 4. The van der Waals surface area contributed by atoms with Crippen LogP contribution in [-0.4, -0.2) is 39.8 Å².